The Hall–Kier alpha value is -3.26. The van der Waals surface area contributed by atoms with Gasteiger partial charge in [0.25, 0.3) is 0 Å². The van der Waals surface area contributed by atoms with Crippen LogP contribution in [0, 0.1) is 11.8 Å². The molecule has 3 fully saturated rings. The molecular formula is C29H35N2O16P. The number of benzene rings is 2. The van der Waals surface area contributed by atoms with Gasteiger partial charge in [0.2, 0.25) is 18.4 Å². The van der Waals surface area contributed by atoms with Crippen LogP contribution in [0.25, 0.3) is 0 Å². The van der Waals surface area contributed by atoms with E-state index in [1.54, 1.807) is 12.1 Å². The molecule has 0 saturated carbocycles. The Labute approximate surface area is 272 Å². The number of aliphatic hydroxyl groups excluding tert-OH is 2. The van der Waals surface area contributed by atoms with Crippen molar-refractivity contribution in [1.29, 1.82) is 0 Å². The number of methoxy groups -OCH3 is 2. The van der Waals surface area contributed by atoms with Crippen molar-refractivity contribution in [3.05, 3.63) is 41.0 Å². The van der Waals surface area contributed by atoms with E-state index in [4.69, 9.17) is 58.6 Å². The van der Waals surface area contributed by atoms with Gasteiger partial charge in [0, 0.05) is 11.8 Å². The Bertz CT molecular complexity index is 1630. The highest BCUT2D eigenvalue weighted by Crippen LogP contribution is 2.58. The molecule has 0 spiro atoms. The molecule has 5 aliphatic rings. The number of rotatable bonds is 7. The van der Waals surface area contributed by atoms with E-state index in [0.29, 0.717) is 28.2 Å². The second-order valence-electron chi connectivity index (χ2n) is 12.1. The van der Waals surface area contributed by atoms with Crippen molar-refractivity contribution in [1.82, 2.24) is 0 Å². The number of fused-ring (bicyclic) bond motifs is 4. The van der Waals surface area contributed by atoms with Crippen LogP contribution in [0.1, 0.15) is 35.6 Å². The molecule has 4 aliphatic heterocycles. The number of phosphoric acid groups is 1. The average Bonchev–Trinajstić information content (AvgIpc) is 3.64. The molecule has 4 heterocycles. The number of hydrogen-bond donors (Lipinski definition) is 6. The molecule has 0 radical (unpaired) electrons. The molecule has 262 valence electrons. The molecule has 19 heteroatoms. The number of hydrogen-bond acceptors (Lipinski definition) is 16. The highest BCUT2D eigenvalue weighted by Gasteiger charge is 2.59. The number of nitrogens with two attached hydrogens (primary N) is 2. The van der Waals surface area contributed by atoms with Gasteiger partial charge in [-0.1, -0.05) is 0 Å². The summed E-state index contributed by atoms with van der Waals surface area (Å²) in [6.07, 6.45) is -8.96. The topological polar surface area (TPSA) is 259 Å². The highest BCUT2D eigenvalue weighted by molar-refractivity contribution is 7.46. The average molecular weight is 699 g/mol. The molecule has 10 unspecified atom stereocenters. The molecule has 0 bridgehead atoms. The number of cyclic esters (lactones) is 1. The van der Waals surface area contributed by atoms with Crippen LogP contribution in [0.4, 0.5) is 0 Å². The van der Waals surface area contributed by atoms with Gasteiger partial charge in [-0.2, -0.15) is 0 Å². The first-order valence-electron chi connectivity index (χ1n) is 14.9. The molecule has 1 aliphatic carbocycles. The summed E-state index contributed by atoms with van der Waals surface area (Å²) in [7, 11) is -2.46. The Morgan fingerprint density at radius 1 is 0.938 bits per heavy atom. The summed E-state index contributed by atoms with van der Waals surface area (Å²) in [5, 5.41) is 22.2. The summed E-state index contributed by atoms with van der Waals surface area (Å²) in [5.74, 6) is -4.55. The normalized spacial score (nSPS) is 34.8. The Morgan fingerprint density at radius 2 is 1.58 bits per heavy atom. The third-order valence-corrected chi connectivity index (χ3v) is 9.58. The largest absolute Gasteiger partial charge is 0.525 e. The molecule has 2 aromatic rings. The zero-order chi connectivity index (χ0) is 34.3. The number of aliphatic hydroxyl groups is 2. The first kappa shape index (κ1) is 33.2. The predicted molar refractivity (Wildman–Crippen MR) is 156 cm³/mol. The summed E-state index contributed by atoms with van der Waals surface area (Å²) < 4.78 is 68.0. The molecule has 8 N–H and O–H groups in total. The predicted octanol–water partition coefficient (Wildman–Crippen LogP) is -0.324. The first-order chi connectivity index (χ1) is 22.7. The zero-order valence-corrected chi connectivity index (χ0v) is 26.7. The lowest BCUT2D eigenvalue weighted by Crippen LogP contribution is -2.76. The number of carbonyl (C=O) groups is 1. The lowest BCUT2D eigenvalue weighted by molar-refractivity contribution is -0.402. The van der Waals surface area contributed by atoms with Crippen LogP contribution in [0.15, 0.2) is 24.3 Å². The fourth-order valence-corrected chi connectivity index (χ4v) is 7.61. The maximum absolute atomic E-state index is 13.5. The highest BCUT2D eigenvalue weighted by atomic mass is 31.2. The Kier molecular flexibility index (Phi) is 8.28. The monoisotopic (exact) mass is 698 g/mol. The molecule has 2 aromatic carbocycles. The van der Waals surface area contributed by atoms with Gasteiger partial charge < -0.3 is 57.4 Å². The molecular weight excluding hydrogens is 663 g/mol. The molecule has 0 aromatic heterocycles. The van der Waals surface area contributed by atoms with E-state index >= 15 is 0 Å². The van der Waals surface area contributed by atoms with Crippen molar-refractivity contribution < 1.29 is 76.5 Å². The van der Waals surface area contributed by atoms with Crippen LogP contribution in [0.3, 0.4) is 0 Å². The number of esters is 1. The van der Waals surface area contributed by atoms with Gasteiger partial charge in [0.15, 0.2) is 35.6 Å². The van der Waals surface area contributed by atoms with Crippen molar-refractivity contribution in [3.63, 3.8) is 0 Å². The Balaban J connectivity index is 1.33. The lowest BCUT2D eigenvalue weighted by atomic mass is 9.66. The SMILES string of the molecule is COc1cc(C2c3cc4c(cc3C(OC3OC5C(OC(C)OC5(N)N)C(O)C3O)C3COC(=O)C23)OCO4)cc(OC)c1OP(=O)(O)O. The molecule has 7 rings (SSSR count). The molecule has 3 saturated heterocycles. The van der Waals surface area contributed by atoms with Crippen molar-refractivity contribution >= 4 is 13.8 Å². The second kappa shape index (κ2) is 12.0. The number of phosphoric ester groups is 1. The summed E-state index contributed by atoms with van der Waals surface area (Å²) in [6.45, 7) is 1.38. The maximum atomic E-state index is 13.5. The summed E-state index contributed by atoms with van der Waals surface area (Å²) in [4.78, 5) is 32.6. The van der Waals surface area contributed by atoms with E-state index in [2.05, 4.69) is 0 Å². The van der Waals surface area contributed by atoms with Gasteiger partial charge in [-0.25, -0.2) is 4.57 Å². The summed E-state index contributed by atoms with van der Waals surface area (Å²) in [5.41, 5.74) is 13.8. The first-order valence-corrected chi connectivity index (χ1v) is 16.4. The summed E-state index contributed by atoms with van der Waals surface area (Å²) in [6, 6.07) is 6.34. The minimum absolute atomic E-state index is 0.0629. The van der Waals surface area contributed by atoms with Crippen LogP contribution in [-0.4, -0.2) is 96.4 Å². The summed E-state index contributed by atoms with van der Waals surface area (Å²) >= 11 is 0. The minimum atomic E-state index is -5.02. The van der Waals surface area contributed by atoms with Crippen LogP contribution in [0.2, 0.25) is 0 Å². The maximum Gasteiger partial charge on any atom is 0.525 e. The van der Waals surface area contributed by atoms with Crippen molar-refractivity contribution in [2.45, 2.75) is 61.8 Å². The lowest BCUT2D eigenvalue weighted by Gasteiger charge is -2.52. The van der Waals surface area contributed by atoms with Crippen LogP contribution in [-0.2, 0) is 33.0 Å². The Morgan fingerprint density at radius 3 is 2.21 bits per heavy atom. The van der Waals surface area contributed by atoms with Crippen molar-refractivity contribution in [2.75, 3.05) is 27.6 Å². The van der Waals surface area contributed by atoms with Gasteiger partial charge in [-0.05, 0) is 47.9 Å². The second-order valence-corrected chi connectivity index (χ2v) is 13.2. The van der Waals surface area contributed by atoms with E-state index in [1.807, 2.05) is 0 Å². The van der Waals surface area contributed by atoms with E-state index in [-0.39, 0.29) is 30.6 Å². The van der Waals surface area contributed by atoms with E-state index in [1.165, 1.54) is 33.3 Å². The molecule has 10 atom stereocenters. The smallest absolute Gasteiger partial charge is 0.493 e. The van der Waals surface area contributed by atoms with Crippen LogP contribution < -0.4 is 34.9 Å². The minimum Gasteiger partial charge on any atom is -0.493 e. The number of ether oxygens (including phenoxy) is 9. The van der Waals surface area contributed by atoms with E-state index in [9.17, 15) is 29.4 Å². The van der Waals surface area contributed by atoms with Gasteiger partial charge >= 0.3 is 13.8 Å². The van der Waals surface area contributed by atoms with E-state index < -0.39 is 80.5 Å². The fourth-order valence-electron chi connectivity index (χ4n) is 7.19. The van der Waals surface area contributed by atoms with Gasteiger partial charge in [0.05, 0.1) is 32.8 Å². The van der Waals surface area contributed by atoms with Gasteiger partial charge in [0.1, 0.15) is 24.4 Å². The van der Waals surface area contributed by atoms with Crippen molar-refractivity contribution in [3.8, 4) is 28.7 Å². The number of carbonyl (C=O) groups excluding carboxylic acids is 1. The zero-order valence-electron chi connectivity index (χ0n) is 25.8. The third-order valence-electron chi connectivity index (χ3n) is 9.16. The van der Waals surface area contributed by atoms with Crippen molar-refractivity contribution in [2.24, 2.45) is 23.3 Å². The van der Waals surface area contributed by atoms with Crippen LogP contribution in [0.5, 0.6) is 28.7 Å². The van der Waals surface area contributed by atoms with E-state index in [0.717, 1.165) is 0 Å². The van der Waals surface area contributed by atoms with Crippen LogP contribution >= 0.6 is 7.82 Å². The van der Waals surface area contributed by atoms with Gasteiger partial charge in [-0.3, -0.25) is 26.0 Å². The standard InChI is InChI=1S/C29H35N2O16P/c1-10-43-25-21(32)22(33)28(45-26(25)29(30,31)46-10)44-23-13-7-16-15(41-9-42-16)6-12(13)19(20-14(23)8-40-27(20)34)11-4-17(38-2)24(18(5-11)39-3)47-48(35,36)37/h4-7,10,14,19-23,25-26,28,32-33H,8-9,30-31H2,1-3H3,(H2,35,36,37). The molecule has 18 nitrogen and oxygen atoms in total. The molecule has 0 amide bonds. The fraction of sp³-hybridized carbons (Fsp3) is 0.552. The quantitative estimate of drug-likeness (QED) is 0.123. The third kappa shape index (κ3) is 5.56. The van der Waals surface area contributed by atoms with Gasteiger partial charge in [-0.15, -0.1) is 0 Å². The molecule has 48 heavy (non-hydrogen) atoms.